The second-order valence-corrected chi connectivity index (χ2v) is 3.81. The van der Waals surface area contributed by atoms with Crippen molar-refractivity contribution in [1.82, 2.24) is 0 Å². The van der Waals surface area contributed by atoms with Gasteiger partial charge in [-0.05, 0) is 25.5 Å². The minimum Gasteiger partial charge on any atom is -0.481 e. The van der Waals surface area contributed by atoms with Crippen molar-refractivity contribution >= 4 is 17.6 Å². The van der Waals surface area contributed by atoms with Crippen molar-refractivity contribution in [3.05, 3.63) is 29.3 Å². The summed E-state index contributed by atoms with van der Waals surface area (Å²) in [5, 5.41) is 8.55. The zero-order chi connectivity index (χ0) is 12.3. The van der Waals surface area contributed by atoms with Gasteiger partial charge in [-0.3, -0.25) is 9.59 Å². The highest BCUT2D eigenvalue weighted by molar-refractivity contribution is 6.02. The van der Waals surface area contributed by atoms with Crippen molar-refractivity contribution in [3.63, 3.8) is 0 Å². The van der Waals surface area contributed by atoms with Crippen molar-refractivity contribution in [1.29, 1.82) is 0 Å². The summed E-state index contributed by atoms with van der Waals surface area (Å²) in [6.45, 7) is 3.86. The van der Waals surface area contributed by atoms with Crippen molar-refractivity contribution < 1.29 is 14.7 Å². The average Bonchev–Trinajstić information content (AvgIpc) is 2.15. The number of aryl methyl sites for hydroxylation is 2. The Bertz CT molecular complexity index is 426. The number of hydrogen-bond acceptors (Lipinski definition) is 2. The van der Waals surface area contributed by atoms with Gasteiger partial charge in [0.2, 0.25) is 5.91 Å². The molecule has 0 aromatic heterocycles. The Hall–Kier alpha value is -1.84. The lowest BCUT2D eigenvalue weighted by Crippen LogP contribution is -2.28. The summed E-state index contributed by atoms with van der Waals surface area (Å²) in [6.07, 6.45) is -0.482. The van der Waals surface area contributed by atoms with Crippen LogP contribution in [0.4, 0.5) is 5.69 Å². The van der Waals surface area contributed by atoms with Gasteiger partial charge in [0.05, 0.1) is 0 Å². The zero-order valence-electron chi connectivity index (χ0n) is 9.65. The molecule has 4 nitrogen and oxygen atoms in total. The number of amides is 1. The summed E-state index contributed by atoms with van der Waals surface area (Å²) in [5.41, 5.74) is 2.82. The van der Waals surface area contributed by atoms with Gasteiger partial charge in [0.25, 0.3) is 0 Å². The number of carbonyl (C=O) groups is 2. The molecule has 1 amide bonds. The van der Waals surface area contributed by atoms with E-state index in [0.29, 0.717) is 0 Å². The van der Waals surface area contributed by atoms with E-state index in [4.69, 9.17) is 5.11 Å². The zero-order valence-corrected chi connectivity index (χ0v) is 9.65. The molecular formula is C12H15NO3. The molecule has 0 aliphatic heterocycles. The van der Waals surface area contributed by atoms with E-state index in [1.54, 1.807) is 7.05 Å². The molecule has 0 aliphatic carbocycles. The molecule has 1 aromatic rings. The first kappa shape index (κ1) is 12.2. The number of anilines is 1. The summed E-state index contributed by atoms with van der Waals surface area (Å²) in [4.78, 5) is 23.4. The van der Waals surface area contributed by atoms with Crippen LogP contribution in [0.3, 0.4) is 0 Å². The normalized spacial score (nSPS) is 9.94. The van der Waals surface area contributed by atoms with Crippen LogP contribution in [0.1, 0.15) is 17.5 Å². The average molecular weight is 221 g/mol. The molecule has 1 rings (SSSR count). The number of aliphatic carboxylic acids is 1. The van der Waals surface area contributed by atoms with Gasteiger partial charge in [-0.2, -0.15) is 0 Å². The van der Waals surface area contributed by atoms with Gasteiger partial charge in [-0.15, -0.1) is 0 Å². The van der Waals surface area contributed by atoms with Crippen LogP contribution < -0.4 is 4.90 Å². The Balaban J connectivity index is 2.91. The number of carbonyl (C=O) groups excluding carboxylic acids is 1. The Kier molecular flexibility index (Phi) is 3.66. The van der Waals surface area contributed by atoms with Crippen molar-refractivity contribution in [2.45, 2.75) is 20.3 Å². The topological polar surface area (TPSA) is 57.6 Å². The molecule has 0 fully saturated rings. The van der Waals surface area contributed by atoms with Crippen LogP contribution in [-0.4, -0.2) is 24.0 Å². The molecule has 4 heteroatoms. The second-order valence-electron chi connectivity index (χ2n) is 3.81. The van der Waals surface area contributed by atoms with Crippen LogP contribution in [0, 0.1) is 13.8 Å². The first-order valence-electron chi connectivity index (χ1n) is 4.97. The number of rotatable bonds is 3. The molecule has 1 N–H and O–H groups in total. The lowest BCUT2D eigenvalue weighted by atomic mass is 10.1. The number of carboxylic acids is 1. The van der Waals surface area contributed by atoms with Gasteiger partial charge >= 0.3 is 5.97 Å². The van der Waals surface area contributed by atoms with E-state index in [1.165, 1.54) is 4.90 Å². The number of carboxylic acid groups (broad SMARTS) is 1. The second kappa shape index (κ2) is 4.79. The SMILES string of the molecule is Cc1ccc(N(C)C(=O)CC(=O)O)c(C)c1. The quantitative estimate of drug-likeness (QED) is 0.791. The molecule has 0 saturated heterocycles. The third-order valence-corrected chi connectivity index (χ3v) is 2.39. The molecule has 0 heterocycles. The molecule has 0 bridgehead atoms. The monoisotopic (exact) mass is 221 g/mol. The lowest BCUT2D eigenvalue weighted by molar-refractivity contribution is -0.140. The van der Waals surface area contributed by atoms with E-state index in [-0.39, 0.29) is 0 Å². The molecule has 0 unspecified atom stereocenters. The highest BCUT2D eigenvalue weighted by Crippen LogP contribution is 2.20. The molecule has 1 aromatic carbocycles. The predicted octanol–water partition coefficient (Wildman–Crippen LogP) is 1.74. The highest BCUT2D eigenvalue weighted by atomic mass is 16.4. The fourth-order valence-electron chi connectivity index (χ4n) is 1.56. The number of nitrogens with zero attached hydrogens (tertiary/aromatic N) is 1. The molecule has 0 radical (unpaired) electrons. The third-order valence-electron chi connectivity index (χ3n) is 2.39. The number of benzene rings is 1. The molecular weight excluding hydrogens is 206 g/mol. The fraction of sp³-hybridized carbons (Fsp3) is 0.333. The van der Waals surface area contributed by atoms with E-state index in [0.717, 1.165) is 16.8 Å². The van der Waals surface area contributed by atoms with E-state index >= 15 is 0 Å². The first-order valence-corrected chi connectivity index (χ1v) is 4.97. The van der Waals surface area contributed by atoms with Crippen molar-refractivity contribution in [3.8, 4) is 0 Å². The maximum absolute atomic E-state index is 11.5. The Morgan fingerprint density at radius 3 is 2.44 bits per heavy atom. The fourth-order valence-corrected chi connectivity index (χ4v) is 1.56. The summed E-state index contributed by atoms with van der Waals surface area (Å²) in [5.74, 6) is -1.53. The minimum atomic E-state index is -1.11. The van der Waals surface area contributed by atoms with E-state index in [9.17, 15) is 9.59 Å². The predicted molar refractivity (Wildman–Crippen MR) is 61.6 cm³/mol. The smallest absolute Gasteiger partial charge is 0.312 e. The van der Waals surface area contributed by atoms with Gasteiger partial charge in [0.15, 0.2) is 0 Å². The largest absolute Gasteiger partial charge is 0.481 e. The standard InChI is InChI=1S/C12H15NO3/c1-8-4-5-10(9(2)6-8)13(3)11(14)7-12(15)16/h4-6H,7H2,1-3H3,(H,15,16). The molecule has 0 atom stereocenters. The van der Waals surface area contributed by atoms with Crippen LogP contribution in [-0.2, 0) is 9.59 Å². The molecule has 86 valence electrons. The van der Waals surface area contributed by atoms with E-state index in [2.05, 4.69) is 0 Å². The summed E-state index contributed by atoms with van der Waals surface area (Å²) in [6, 6.07) is 5.68. The van der Waals surface area contributed by atoms with Gasteiger partial charge in [0, 0.05) is 12.7 Å². The Labute approximate surface area is 94.5 Å². The molecule has 0 saturated carbocycles. The van der Waals surface area contributed by atoms with Crippen molar-refractivity contribution in [2.24, 2.45) is 0 Å². The van der Waals surface area contributed by atoms with Crippen molar-refractivity contribution in [2.75, 3.05) is 11.9 Å². The van der Waals surface area contributed by atoms with E-state index in [1.807, 2.05) is 32.0 Å². The Morgan fingerprint density at radius 1 is 1.31 bits per heavy atom. The molecule has 0 aliphatic rings. The van der Waals surface area contributed by atoms with E-state index < -0.39 is 18.3 Å². The van der Waals surface area contributed by atoms with Gasteiger partial charge in [-0.25, -0.2) is 0 Å². The van der Waals surface area contributed by atoms with Crippen LogP contribution in [0.25, 0.3) is 0 Å². The maximum Gasteiger partial charge on any atom is 0.312 e. The van der Waals surface area contributed by atoms with Crippen LogP contribution in [0.5, 0.6) is 0 Å². The summed E-state index contributed by atoms with van der Waals surface area (Å²) >= 11 is 0. The van der Waals surface area contributed by atoms with Crippen LogP contribution >= 0.6 is 0 Å². The maximum atomic E-state index is 11.5. The summed E-state index contributed by atoms with van der Waals surface area (Å²) < 4.78 is 0. The van der Waals surface area contributed by atoms with Crippen LogP contribution in [0.15, 0.2) is 18.2 Å². The minimum absolute atomic E-state index is 0.417. The highest BCUT2D eigenvalue weighted by Gasteiger charge is 2.15. The molecule has 0 spiro atoms. The summed E-state index contributed by atoms with van der Waals surface area (Å²) in [7, 11) is 1.59. The lowest BCUT2D eigenvalue weighted by Gasteiger charge is -2.19. The first-order chi connectivity index (χ1) is 7.41. The van der Waals surface area contributed by atoms with Crippen LogP contribution in [0.2, 0.25) is 0 Å². The third kappa shape index (κ3) is 2.82. The molecule has 16 heavy (non-hydrogen) atoms. The van der Waals surface area contributed by atoms with Gasteiger partial charge < -0.3 is 10.0 Å². The number of hydrogen-bond donors (Lipinski definition) is 1. The van der Waals surface area contributed by atoms with Gasteiger partial charge in [0.1, 0.15) is 6.42 Å². The Morgan fingerprint density at radius 2 is 1.94 bits per heavy atom. The van der Waals surface area contributed by atoms with Gasteiger partial charge in [-0.1, -0.05) is 17.7 Å².